The van der Waals surface area contributed by atoms with Crippen molar-refractivity contribution < 1.29 is 4.74 Å². The summed E-state index contributed by atoms with van der Waals surface area (Å²) >= 11 is 0. The number of hydrogen-bond donors (Lipinski definition) is 3. The zero-order chi connectivity index (χ0) is 25.4. The van der Waals surface area contributed by atoms with Crippen molar-refractivity contribution in [2.75, 3.05) is 13.2 Å². The van der Waals surface area contributed by atoms with Gasteiger partial charge in [-0.15, -0.1) is 10.2 Å². The number of nitrogens with one attached hydrogen (secondary N) is 2. The second-order valence-electron chi connectivity index (χ2n) is 9.17. The van der Waals surface area contributed by atoms with Crippen LogP contribution in [0.2, 0.25) is 0 Å². The molecule has 5 aromatic rings. The molecule has 0 saturated carbocycles. The summed E-state index contributed by atoms with van der Waals surface area (Å²) < 4.78 is 9.54. The van der Waals surface area contributed by atoms with Gasteiger partial charge in [-0.05, 0) is 60.7 Å². The van der Waals surface area contributed by atoms with Crippen molar-refractivity contribution in [3.63, 3.8) is 0 Å². The van der Waals surface area contributed by atoms with E-state index in [-0.39, 0.29) is 11.9 Å². The van der Waals surface area contributed by atoms with Crippen LogP contribution in [-0.2, 0) is 4.74 Å². The molecule has 0 unspecified atom stereocenters. The summed E-state index contributed by atoms with van der Waals surface area (Å²) in [5.74, 6) is 0.251. The number of hydrogen-bond acceptors (Lipinski definition) is 5. The van der Waals surface area contributed by atoms with E-state index in [4.69, 9.17) is 15.9 Å². The Morgan fingerprint density at radius 3 is 2.84 bits per heavy atom. The predicted octanol–water partition coefficient (Wildman–Crippen LogP) is 4.23. The first-order valence-electron chi connectivity index (χ1n) is 12.2. The first-order chi connectivity index (χ1) is 18.1. The fourth-order valence-electron chi connectivity index (χ4n) is 5.02. The number of aromatic nitrogens is 6. The minimum absolute atomic E-state index is 0.251. The van der Waals surface area contributed by atoms with Gasteiger partial charge in [0, 0.05) is 42.4 Å². The number of aromatic amines is 1. The minimum atomic E-state index is 0.251. The molecule has 1 aliphatic heterocycles. The Morgan fingerprint density at radius 2 is 2.00 bits per heavy atom. The summed E-state index contributed by atoms with van der Waals surface area (Å²) in [5.41, 5.74) is 14.9. The maximum atomic E-state index is 7.44. The molecule has 4 aromatic heterocycles. The summed E-state index contributed by atoms with van der Waals surface area (Å²) in [6.07, 6.45) is 8.35. The highest BCUT2D eigenvalue weighted by Crippen LogP contribution is 2.35. The number of aliphatic imine (C=N–C) groups is 1. The van der Waals surface area contributed by atoms with E-state index in [0.29, 0.717) is 5.69 Å². The fourth-order valence-corrected chi connectivity index (χ4v) is 5.02. The topological polar surface area (TPSA) is 135 Å². The van der Waals surface area contributed by atoms with Crippen LogP contribution in [0.25, 0.3) is 39.3 Å². The third-order valence-corrected chi connectivity index (χ3v) is 6.88. The van der Waals surface area contributed by atoms with Crippen LogP contribution in [0.15, 0.2) is 66.2 Å². The Kier molecular flexibility index (Phi) is 5.85. The highest BCUT2D eigenvalue weighted by molar-refractivity contribution is 6.05. The molecule has 1 fully saturated rings. The van der Waals surface area contributed by atoms with Crippen LogP contribution in [0.5, 0.6) is 0 Å². The smallest absolute Gasteiger partial charge is 0.160 e. The lowest BCUT2D eigenvalue weighted by atomic mass is 9.99. The molecule has 0 amide bonds. The predicted molar refractivity (Wildman–Crippen MR) is 143 cm³/mol. The van der Waals surface area contributed by atoms with Crippen LogP contribution in [0.3, 0.4) is 0 Å². The summed E-state index contributed by atoms with van der Waals surface area (Å²) in [5, 5.41) is 20.2. The highest BCUT2D eigenvalue weighted by atomic mass is 16.5. The van der Waals surface area contributed by atoms with Crippen LogP contribution in [0, 0.1) is 12.3 Å². The number of H-pyrrole nitrogens is 1. The molecule has 0 radical (unpaired) electrons. The fraction of sp³-hybridized carbons (Fsp3) is 0.222. The van der Waals surface area contributed by atoms with Gasteiger partial charge in [0.2, 0.25) is 0 Å². The van der Waals surface area contributed by atoms with E-state index in [1.165, 1.54) is 0 Å². The van der Waals surface area contributed by atoms with Crippen molar-refractivity contribution in [2.24, 2.45) is 10.7 Å². The Balaban J connectivity index is 1.45. The maximum absolute atomic E-state index is 7.44. The largest absolute Gasteiger partial charge is 0.382 e. The van der Waals surface area contributed by atoms with E-state index in [2.05, 4.69) is 67.3 Å². The van der Waals surface area contributed by atoms with Crippen LogP contribution >= 0.6 is 0 Å². The van der Waals surface area contributed by atoms with Gasteiger partial charge in [0.25, 0.3) is 0 Å². The first kappa shape index (κ1) is 22.9. The molecule has 0 bridgehead atoms. The van der Waals surface area contributed by atoms with Gasteiger partial charge in [-0.2, -0.15) is 5.10 Å². The highest BCUT2D eigenvalue weighted by Gasteiger charge is 2.23. The molecule has 1 saturated heterocycles. The zero-order valence-corrected chi connectivity index (χ0v) is 20.4. The van der Waals surface area contributed by atoms with Gasteiger partial charge in [-0.25, -0.2) is 4.99 Å². The van der Waals surface area contributed by atoms with E-state index in [0.717, 1.165) is 77.2 Å². The van der Waals surface area contributed by atoms with Gasteiger partial charge >= 0.3 is 0 Å². The number of pyridine rings is 1. The molecule has 10 heteroatoms. The first-order valence-corrected chi connectivity index (χ1v) is 12.2. The van der Waals surface area contributed by atoms with Crippen LogP contribution in [0.1, 0.15) is 30.1 Å². The second-order valence-corrected chi connectivity index (χ2v) is 9.17. The summed E-state index contributed by atoms with van der Waals surface area (Å²) in [6, 6.07) is 14.7. The van der Waals surface area contributed by atoms with Crippen molar-refractivity contribution in [3.8, 4) is 33.6 Å². The summed E-state index contributed by atoms with van der Waals surface area (Å²) in [6.45, 7) is 3.52. The summed E-state index contributed by atoms with van der Waals surface area (Å²) in [4.78, 5) is 7.53. The van der Waals surface area contributed by atoms with E-state index in [9.17, 15) is 0 Å². The number of ether oxygens (including phenoxy) is 1. The van der Waals surface area contributed by atoms with Crippen molar-refractivity contribution in [1.82, 2.24) is 29.4 Å². The van der Waals surface area contributed by atoms with Gasteiger partial charge in [0.1, 0.15) is 18.5 Å². The number of benzene rings is 1. The Hall–Kier alpha value is -4.57. The van der Waals surface area contributed by atoms with Crippen molar-refractivity contribution in [3.05, 3.63) is 72.4 Å². The van der Waals surface area contributed by atoms with Crippen LogP contribution in [-0.4, -0.2) is 54.8 Å². The zero-order valence-electron chi connectivity index (χ0n) is 20.4. The normalized spacial score (nSPS) is 14.9. The molecule has 6 rings (SSSR count). The third-order valence-electron chi connectivity index (χ3n) is 6.88. The number of rotatable bonds is 6. The number of fused-ring (bicyclic) bond motifs is 1. The van der Waals surface area contributed by atoms with Gasteiger partial charge in [-0.3, -0.25) is 14.5 Å². The SMILES string of the molecule is Cc1cc2nncn2cc1-c1cccc(-c2cc(-c3ccnn3C3CCOCC3)c(/C(N)=N\C=N)[nH]2)c1. The summed E-state index contributed by atoms with van der Waals surface area (Å²) in [7, 11) is 0. The van der Waals surface area contributed by atoms with Gasteiger partial charge in [0.05, 0.1) is 17.4 Å². The van der Waals surface area contributed by atoms with Gasteiger partial charge < -0.3 is 15.5 Å². The average molecular weight is 494 g/mol. The van der Waals surface area contributed by atoms with Crippen molar-refractivity contribution >= 4 is 17.8 Å². The Labute approximate surface area is 213 Å². The molecule has 0 atom stereocenters. The molecule has 5 heterocycles. The number of nitrogens with zero attached hydrogens (tertiary/aromatic N) is 6. The number of amidine groups is 1. The number of aryl methyl sites for hydroxylation is 1. The quantitative estimate of drug-likeness (QED) is 0.240. The van der Waals surface area contributed by atoms with Gasteiger partial charge in [-0.1, -0.05) is 18.2 Å². The minimum Gasteiger partial charge on any atom is -0.382 e. The molecule has 0 spiro atoms. The molecule has 1 aromatic carbocycles. The standard InChI is InChI=1S/C27H27N9O/c1-17-11-25-34-31-16-35(25)14-22(17)18-3-2-4-19(12-18)23-13-21(26(33-23)27(29)30-15-28)24-5-8-32-36(24)20-6-9-37-10-7-20/h2-5,8,11-16,20,33H,6-7,9-10H2,1H3,(H3,28,29,30). The lowest BCUT2D eigenvalue weighted by molar-refractivity contribution is 0.0667. The van der Waals surface area contributed by atoms with E-state index in [1.807, 2.05) is 28.8 Å². The van der Waals surface area contributed by atoms with Crippen LogP contribution in [0.4, 0.5) is 0 Å². The molecule has 186 valence electrons. The van der Waals surface area contributed by atoms with Crippen molar-refractivity contribution in [1.29, 1.82) is 5.41 Å². The molecular formula is C27H27N9O. The monoisotopic (exact) mass is 493 g/mol. The molecule has 10 nitrogen and oxygen atoms in total. The Bertz CT molecular complexity index is 1620. The molecule has 0 aliphatic carbocycles. The van der Waals surface area contributed by atoms with E-state index in [1.54, 1.807) is 6.33 Å². The van der Waals surface area contributed by atoms with E-state index < -0.39 is 0 Å². The molecular weight excluding hydrogens is 466 g/mol. The Morgan fingerprint density at radius 1 is 1.16 bits per heavy atom. The molecule has 1 aliphatic rings. The van der Waals surface area contributed by atoms with Crippen LogP contribution < -0.4 is 5.73 Å². The number of nitrogens with two attached hydrogens (primary N) is 1. The average Bonchev–Trinajstić information content (AvgIpc) is 3.68. The second kappa shape index (κ2) is 9.47. The molecule has 4 N–H and O–H groups in total. The lowest BCUT2D eigenvalue weighted by Gasteiger charge is -2.24. The molecule has 37 heavy (non-hydrogen) atoms. The lowest BCUT2D eigenvalue weighted by Crippen LogP contribution is -2.21. The maximum Gasteiger partial charge on any atom is 0.160 e. The van der Waals surface area contributed by atoms with Crippen molar-refractivity contribution in [2.45, 2.75) is 25.8 Å². The van der Waals surface area contributed by atoms with Gasteiger partial charge in [0.15, 0.2) is 5.65 Å². The van der Waals surface area contributed by atoms with E-state index >= 15 is 0 Å². The third kappa shape index (κ3) is 4.21.